The van der Waals surface area contributed by atoms with Gasteiger partial charge in [-0.15, -0.1) is 0 Å². The molecule has 6 heteroatoms. The summed E-state index contributed by atoms with van der Waals surface area (Å²) in [6, 6.07) is 10.5. The Morgan fingerprint density at radius 1 is 1.21 bits per heavy atom. The minimum Gasteiger partial charge on any atom is -0.385 e. The van der Waals surface area contributed by atoms with Crippen molar-refractivity contribution < 1.29 is 4.74 Å². The lowest BCUT2D eigenvalue weighted by Gasteiger charge is -2.29. The lowest BCUT2D eigenvalue weighted by molar-refractivity contribution is 0.138. The van der Waals surface area contributed by atoms with E-state index in [0.717, 1.165) is 37.9 Å². The first-order valence-electron chi connectivity index (χ1n) is 10.2. The largest absolute Gasteiger partial charge is 0.385 e. The minimum atomic E-state index is 0.333. The van der Waals surface area contributed by atoms with Gasteiger partial charge in [0.1, 0.15) is 5.82 Å². The first kappa shape index (κ1) is 20.4. The van der Waals surface area contributed by atoms with Crippen LogP contribution >= 0.6 is 0 Å². The van der Waals surface area contributed by atoms with Crippen molar-refractivity contribution in [3.05, 3.63) is 54.1 Å². The molecule has 2 N–H and O–H groups in total. The van der Waals surface area contributed by atoms with E-state index in [2.05, 4.69) is 49.4 Å². The van der Waals surface area contributed by atoms with Gasteiger partial charge in [0.15, 0.2) is 5.96 Å². The summed E-state index contributed by atoms with van der Waals surface area (Å²) in [6.07, 6.45) is 10.1. The van der Waals surface area contributed by atoms with Crippen molar-refractivity contribution in [2.45, 2.75) is 45.2 Å². The number of hydrogen-bond donors (Lipinski definition) is 2. The Bertz CT molecular complexity index is 734. The molecule has 0 aliphatic heterocycles. The van der Waals surface area contributed by atoms with Crippen molar-refractivity contribution >= 4 is 5.96 Å². The maximum absolute atomic E-state index is 5.34. The number of nitrogens with zero attached hydrogens (tertiary/aromatic N) is 3. The second kappa shape index (κ2) is 10.3. The molecule has 28 heavy (non-hydrogen) atoms. The van der Waals surface area contributed by atoms with Gasteiger partial charge in [-0.2, -0.15) is 0 Å². The summed E-state index contributed by atoms with van der Waals surface area (Å²) in [6.45, 7) is 3.23. The number of nitrogens with one attached hydrogen (secondary N) is 2. The third-order valence-corrected chi connectivity index (χ3v) is 5.77. The van der Waals surface area contributed by atoms with Crippen LogP contribution in [-0.4, -0.2) is 42.8 Å². The molecule has 152 valence electrons. The average Bonchev–Trinajstić information content (AvgIpc) is 3.37. The zero-order valence-electron chi connectivity index (χ0n) is 17.2. The summed E-state index contributed by atoms with van der Waals surface area (Å²) < 4.78 is 7.51. The predicted molar refractivity (Wildman–Crippen MR) is 113 cm³/mol. The molecule has 1 saturated carbocycles. The normalized spacial score (nSPS) is 16.3. The van der Waals surface area contributed by atoms with Gasteiger partial charge in [-0.1, -0.05) is 43.2 Å². The zero-order valence-corrected chi connectivity index (χ0v) is 17.2. The van der Waals surface area contributed by atoms with Crippen LogP contribution in [-0.2, 0) is 17.8 Å². The number of hydrogen-bond acceptors (Lipinski definition) is 3. The summed E-state index contributed by atoms with van der Waals surface area (Å²) in [5.74, 6) is 1.83. The number of aromatic nitrogens is 2. The molecule has 0 amide bonds. The number of aliphatic imine (C=N–C) groups is 1. The number of guanidine groups is 1. The van der Waals surface area contributed by atoms with Crippen LogP contribution in [0.25, 0.3) is 0 Å². The quantitative estimate of drug-likeness (QED) is 0.516. The van der Waals surface area contributed by atoms with Gasteiger partial charge in [0.05, 0.1) is 6.54 Å². The fraction of sp³-hybridized carbons (Fsp3) is 0.545. The molecule has 0 unspecified atom stereocenters. The predicted octanol–water partition coefficient (Wildman–Crippen LogP) is 3.19. The highest BCUT2D eigenvalue weighted by Crippen LogP contribution is 2.40. The fourth-order valence-corrected chi connectivity index (χ4v) is 4.04. The smallest absolute Gasteiger partial charge is 0.191 e. The molecule has 1 fully saturated rings. The molecule has 0 spiro atoms. The molecule has 1 heterocycles. The third kappa shape index (κ3) is 5.58. The van der Waals surface area contributed by atoms with Crippen LogP contribution in [0.15, 0.2) is 47.7 Å². The first-order valence-corrected chi connectivity index (χ1v) is 10.2. The van der Waals surface area contributed by atoms with Crippen molar-refractivity contribution in [1.29, 1.82) is 0 Å². The van der Waals surface area contributed by atoms with Gasteiger partial charge in [0.25, 0.3) is 0 Å². The highest BCUT2D eigenvalue weighted by Gasteiger charge is 2.33. The van der Waals surface area contributed by atoms with Gasteiger partial charge in [0.2, 0.25) is 0 Å². The van der Waals surface area contributed by atoms with Crippen molar-refractivity contribution in [2.75, 3.05) is 27.3 Å². The van der Waals surface area contributed by atoms with E-state index in [1.165, 1.54) is 31.2 Å². The molecule has 2 aromatic rings. The van der Waals surface area contributed by atoms with Crippen LogP contribution in [0.4, 0.5) is 0 Å². The third-order valence-electron chi connectivity index (χ3n) is 5.77. The highest BCUT2D eigenvalue weighted by atomic mass is 16.5. The van der Waals surface area contributed by atoms with Gasteiger partial charge < -0.3 is 19.9 Å². The Morgan fingerprint density at radius 2 is 2.00 bits per heavy atom. The van der Waals surface area contributed by atoms with Gasteiger partial charge >= 0.3 is 0 Å². The fourth-order valence-electron chi connectivity index (χ4n) is 4.04. The second-order valence-electron chi connectivity index (χ2n) is 7.69. The summed E-state index contributed by atoms with van der Waals surface area (Å²) >= 11 is 0. The molecule has 1 aromatic heterocycles. The van der Waals surface area contributed by atoms with E-state index in [1.807, 2.05) is 25.5 Å². The summed E-state index contributed by atoms with van der Waals surface area (Å²) in [5, 5.41) is 6.96. The van der Waals surface area contributed by atoms with Crippen LogP contribution in [0, 0.1) is 5.41 Å². The Labute approximate surface area is 168 Å². The van der Waals surface area contributed by atoms with Gasteiger partial charge in [-0.05, 0) is 30.2 Å². The molecule has 0 radical (unpaired) electrons. The van der Waals surface area contributed by atoms with E-state index >= 15 is 0 Å². The molecule has 0 saturated heterocycles. The van der Waals surface area contributed by atoms with E-state index in [-0.39, 0.29) is 0 Å². The topological polar surface area (TPSA) is 63.5 Å². The number of benzene rings is 1. The van der Waals surface area contributed by atoms with Crippen LogP contribution in [0.5, 0.6) is 0 Å². The molecule has 0 atom stereocenters. The first-order chi connectivity index (χ1) is 13.7. The molecule has 1 aromatic carbocycles. The number of ether oxygens (including phenoxy) is 1. The van der Waals surface area contributed by atoms with E-state index in [9.17, 15) is 0 Å². The van der Waals surface area contributed by atoms with E-state index in [4.69, 9.17) is 4.74 Å². The standard InChI is InChI=1S/C22H33N5O/c1-23-21(26-18-22(12-15-28-2)10-6-7-11-22)25-16-20-24-13-14-27(20)17-19-8-4-3-5-9-19/h3-5,8-9,13-14H,6-7,10-12,15-18H2,1-2H3,(H2,23,25,26). The lowest BCUT2D eigenvalue weighted by Crippen LogP contribution is -2.43. The van der Waals surface area contributed by atoms with Gasteiger partial charge in [0, 0.05) is 46.2 Å². The molecular formula is C22H33N5O. The molecule has 6 nitrogen and oxygen atoms in total. The Morgan fingerprint density at radius 3 is 2.71 bits per heavy atom. The molecule has 3 rings (SSSR count). The summed E-state index contributed by atoms with van der Waals surface area (Å²) in [4.78, 5) is 8.91. The van der Waals surface area contributed by atoms with E-state index in [1.54, 1.807) is 7.11 Å². The Balaban J connectivity index is 1.53. The number of rotatable bonds is 9. The molecular weight excluding hydrogens is 350 g/mol. The monoisotopic (exact) mass is 383 g/mol. The minimum absolute atomic E-state index is 0.333. The maximum atomic E-state index is 5.34. The second-order valence-corrected chi connectivity index (χ2v) is 7.69. The number of methoxy groups -OCH3 is 1. The molecule has 1 aliphatic carbocycles. The van der Waals surface area contributed by atoms with Gasteiger partial charge in [-0.3, -0.25) is 4.99 Å². The highest BCUT2D eigenvalue weighted by molar-refractivity contribution is 5.79. The van der Waals surface area contributed by atoms with E-state index < -0.39 is 0 Å². The maximum Gasteiger partial charge on any atom is 0.191 e. The summed E-state index contributed by atoms with van der Waals surface area (Å²) in [7, 11) is 3.61. The molecule has 1 aliphatic rings. The van der Waals surface area contributed by atoms with Crippen LogP contribution in [0.1, 0.15) is 43.5 Å². The molecule has 0 bridgehead atoms. The van der Waals surface area contributed by atoms with Crippen molar-refractivity contribution in [3.8, 4) is 0 Å². The van der Waals surface area contributed by atoms with Crippen molar-refractivity contribution in [3.63, 3.8) is 0 Å². The van der Waals surface area contributed by atoms with Crippen LogP contribution in [0.2, 0.25) is 0 Å². The van der Waals surface area contributed by atoms with Crippen molar-refractivity contribution in [2.24, 2.45) is 10.4 Å². The van der Waals surface area contributed by atoms with Crippen LogP contribution in [0.3, 0.4) is 0 Å². The van der Waals surface area contributed by atoms with Gasteiger partial charge in [-0.25, -0.2) is 4.98 Å². The van der Waals surface area contributed by atoms with Crippen molar-refractivity contribution in [1.82, 2.24) is 20.2 Å². The Kier molecular flexibility index (Phi) is 7.48. The zero-order chi connectivity index (χ0) is 19.7. The van der Waals surface area contributed by atoms with E-state index in [0.29, 0.717) is 12.0 Å². The lowest BCUT2D eigenvalue weighted by atomic mass is 9.83. The average molecular weight is 384 g/mol. The summed E-state index contributed by atoms with van der Waals surface area (Å²) in [5.41, 5.74) is 1.60. The SMILES string of the molecule is CN=C(NCc1nccn1Cc1ccccc1)NCC1(CCOC)CCCC1. The Hall–Kier alpha value is -2.34. The van der Waals surface area contributed by atoms with Crippen LogP contribution < -0.4 is 10.6 Å². The number of imidazole rings is 1.